The first kappa shape index (κ1) is 15.9. The fourth-order valence-corrected chi connectivity index (χ4v) is 1.71. The van der Waals surface area contributed by atoms with Crippen LogP contribution in [0.3, 0.4) is 0 Å². The average Bonchev–Trinajstić information content (AvgIpc) is 2.45. The molecule has 108 valence electrons. The van der Waals surface area contributed by atoms with Gasteiger partial charge in [0.05, 0.1) is 13.5 Å². The number of methoxy groups -OCH3 is 1. The highest BCUT2D eigenvalue weighted by Crippen LogP contribution is 2.05. The molecule has 0 unspecified atom stereocenters. The van der Waals surface area contributed by atoms with Gasteiger partial charge in [0, 0.05) is 0 Å². The highest BCUT2D eigenvalue weighted by molar-refractivity contribution is 5.85. The van der Waals surface area contributed by atoms with E-state index in [0.29, 0.717) is 18.4 Å². The molecule has 5 heteroatoms. The van der Waals surface area contributed by atoms with Crippen molar-refractivity contribution in [2.24, 2.45) is 0 Å². The van der Waals surface area contributed by atoms with Gasteiger partial charge in [0.25, 0.3) is 0 Å². The summed E-state index contributed by atoms with van der Waals surface area (Å²) in [7, 11) is 1.27. The van der Waals surface area contributed by atoms with Gasteiger partial charge in [0.1, 0.15) is 11.9 Å². The van der Waals surface area contributed by atoms with E-state index < -0.39 is 12.0 Å². The first-order valence-electron chi connectivity index (χ1n) is 6.29. The van der Waals surface area contributed by atoms with Crippen LogP contribution in [0.15, 0.2) is 36.9 Å². The first-order valence-corrected chi connectivity index (χ1v) is 6.29. The minimum Gasteiger partial charge on any atom is -0.467 e. The molecule has 0 aliphatic carbocycles. The number of allylic oxidation sites excluding steroid dienone is 1. The molecule has 0 spiro atoms. The van der Waals surface area contributed by atoms with Crippen molar-refractivity contribution in [2.75, 3.05) is 7.11 Å². The molecule has 1 amide bonds. The maximum atomic E-state index is 12.8. The quantitative estimate of drug-likeness (QED) is 0.613. The van der Waals surface area contributed by atoms with Gasteiger partial charge in [-0.05, 0) is 30.5 Å². The zero-order valence-electron chi connectivity index (χ0n) is 11.4. The van der Waals surface area contributed by atoms with Crippen LogP contribution in [-0.4, -0.2) is 25.0 Å². The fraction of sp³-hybridized carbons (Fsp3) is 0.333. The lowest BCUT2D eigenvalue weighted by atomic mass is 10.1. The number of nitrogens with one attached hydrogen (secondary N) is 1. The second kappa shape index (κ2) is 8.09. The monoisotopic (exact) mass is 279 g/mol. The average molecular weight is 279 g/mol. The van der Waals surface area contributed by atoms with Crippen molar-refractivity contribution < 1.29 is 18.7 Å². The molecule has 0 saturated heterocycles. The molecule has 1 aromatic rings. The minimum atomic E-state index is -0.689. The summed E-state index contributed by atoms with van der Waals surface area (Å²) in [6.45, 7) is 3.57. The summed E-state index contributed by atoms with van der Waals surface area (Å²) < 4.78 is 17.4. The minimum absolute atomic E-state index is 0.0852. The van der Waals surface area contributed by atoms with Crippen LogP contribution in [0, 0.1) is 5.82 Å². The van der Waals surface area contributed by atoms with E-state index in [1.54, 1.807) is 6.08 Å². The molecule has 4 nitrogen and oxygen atoms in total. The SMILES string of the molecule is C=CCC[C@@H](NC(=O)Cc1ccc(F)cc1)C(=O)OC. The summed E-state index contributed by atoms with van der Waals surface area (Å²) in [5.41, 5.74) is 0.677. The number of hydrogen-bond donors (Lipinski definition) is 1. The van der Waals surface area contributed by atoms with E-state index in [9.17, 15) is 14.0 Å². The van der Waals surface area contributed by atoms with Gasteiger partial charge < -0.3 is 10.1 Å². The van der Waals surface area contributed by atoms with E-state index in [-0.39, 0.29) is 18.1 Å². The Kier molecular flexibility index (Phi) is 6.43. The zero-order valence-corrected chi connectivity index (χ0v) is 11.4. The van der Waals surface area contributed by atoms with Crippen LogP contribution in [-0.2, 0) is 20.7 Å². The van der Waals surface area contributed by atoms with Crippen molar-refractivity contribution in [3.63, 3.8) is 0 Å². The van der Waals surface area contributed by atoms with Gasteiger partial charge in [-0.2, -0.15) is 0 Å². The van der Waals surface area contributed by atoms with Crippen LogP contribution in [0.5, 0.6) is 0 Å². The summed E-state index contributed by atoms with van der Waals surface area (Å²) >= 11 is 0. The zero-order chi connectivity index (χ0) is 15.0. The van der Waals surface area contributed by atoms with Crippen molar-refractivity contribution in [1.29, 1.82) is 0 Å². The predicted octanol–water partition coefficient (Wildman–Crippen LogP) is 1.99. The third-order valence-electron chi connectivity index (χ3n) is 2.76. The predicted molar refractivity (Wildman–Crippen MR) is 73.5 cm³/mol. The lowest BCUT2D eigenvalue weighted by Gasteiger charge is -2.15. The maximum absolute atomic E-state index is 12.8. The molecule has 0 saturated carbocycles. The van der Waals surface area contributed by atoms with Crippen LogP contribution in [0.4, 0.5) is 4.39 Å². The molecule has 0 fully saturated rings. The molecule has 0 aliphatic rings. The van der Waals surface area contributed by atoms with E-state index in [0.717, 1.165) is 0 Å². The van der Waals surface area contributed by atoms with Crippen LogP contribution < -0.4 is 5.32 Å². The topological polar surface area (TPSA) is 55.4 Å². The highest BCUT2D eigenvalue weighted by atomic mass is 19.1. The number of benzene rings is 1. The molecule has 0 bridgehead atoms. The van der Waals surface area contributed by atoms with Gasteiger partial charge in [-0.3, -0.25) is 4.79 Å². The van der Waals surface area contributed by atoms with Gasteiger partial charge in [0.15, 0.2) is 0 Å². The number of hydrogen-bond acceptors (Lipinski definition) is 3. The molecule has 1 atom stereocenters. The lowest BCUT2D eigenvalue weighted by Crippen LogP contribution is -2.42. The van der Waals surface area contributed by atoms with E-state index in [1.165, 1.54) is 31.4 Å². The Labute approximate surface area is 117 Å². The van der Waals surface area contributed by atoms with Gasteiger partial charge in [0.2, 0.25) is 5.91 Å². The Balaban J connectivity index is 2.58. The number of carbonyl (C=O) groups is 2. The lowest BCUT2D eigenvalue weighted by molar-refractivity contribution is -0.145. The summed E-state index contributed by atoms with van der Waals surface area (Å²) in [5, 5.41) is 2.61. The molecule has 0 aromatic heterocycles. The number of halogens is 1. The number of esters is 1. The number of carbonyl (C=O) groups excluding carboxylic acids is 2. The Morgan fingerprint density at radius 1 is 1.40 bits per heavy atom. The largest absolute Gasteiger partial charge is 0.467 e. The van der Waals surface area contributed by atoms with E-state index in [4.69, 9.17) is 0 Å². The highest BCUT2D eigenvalue weighted by Gasteiger charge is 2.20. The normalized spacial score (nSPS) is 11.5. The smallest absolute Gasteiger partial charge is 0.328 e. The molecule has 1 aromatic carbocycles. The van der Waals surface area contributed by atoms with E-state index in [2.05, 4.69) is 16.6 Å². The molecule has 0 aliphatic heterocycles. The second-order valence-electron chi connectivity index (χ2n) is 4.31. The molecule has 20 heavy (non-hydrogen) atoms. The third kappa shape index (κ3) is 5.22. The van der Waals surface area contributed by atoms with Gasteiger partial charge in [-0.15, -0.1) is 6.58 Å². The van der Waals surface area contributed by atoms with Gasteiger partial charge >= 0.3 is 5.97 Å². The first-order chi connectivity index (χ1) is 9.56. The third-order valence-corrected chi connectivity index (χ3v) is 2.76. The van der Waals surface area contributed by atoms with Crippen LogP contribution in [0.1, 0.15) is 18.4 Å². The second-order valence-corrected chi connectivity index (χ2v) is 4.31. The van der Waals surface area contributed by atoms with Crippen LogP contribution >= 0.6 is 0 Å². The number of rotatable bonds is 7. The Morgan fingerprint density at radius 3 is 2.60 bits per heavy atom. The van der Waals surface area contributed by atoms with Gasteiger partial charge in [-0.25, -0.2) is 9.18 Å². The molecular formula is C15H18FNO3. The van der Waals surface area contributed by atoms with Crippen LogP contribution in [0.25, 0.3) is 0 Å². The number of ether oxygens (including phenoxy) is 1. The van der Waals surface area contributed by atoms with Gasteiger partial charge in [-0.1, -0.05) is 18.2 Å². The molecule has 1 N–H and O–H groups in total. The Hall–Kier alpha value is -2.17. The van der Waals surface area contributed by atoms with E-state index >= 15 is 0 Å². The molecular weight excluding hydrogens is 261 g/mol. The number of amides is 1. The van der Waals surface area contributed by atoms with Crippen molar-refractivity contribution >= 4 is 11.9 Å². The van der Waals surface area contributed by atoms with Crippen molar-refractivity contribution in [1.82, 2.24) is 5.32 Å². The van der Waals surface area contributed by atoms with Crippen molar-refractivity contribution in [2.45, 2.75) is 25.3 Å². The Morgan fingerprint density at radius 2 is 2.05 bits per heavy atom. The summed E-state index contributed by atoms with van der Waals surface area (Å²) in [4.78, 5) is 23.4. The summed E-state index contributed by atoms with van der Waals surface area (Å²) in [5.74, 6) is -1.15. The Bertz CT molecular complexity index is 471. The molecule has 0 radical (unpaired) electrons. The van der Waals surface area contributed by atoms with Crippen LogP contribution in [0.2, 0.25) is 0 Å². The summed E-state index contributed by atoms with van der Waals surface area (Å²) in [6.07, 6.45) is 2.78. The van der Waals surface area contributed by atoms with Crippen molar-refractivity contribution in [3.05, 3.63) is 48.3 Å². The van der Waals surface area contributed by atoms with E-state index in [1.807, 2.05) is 0 Å². The fourth-order valence-electron chi connectivity index (χ4n) is 1.71. The standard InChI is InChI=1S/C15H18FNO3/c1-3-4-5-13(15(19)20-2)17-14(18)10-11-6-8-12(16)9-7-11/h3,6-9,13H,1,4-5,10H2,2H3,(H,17,18)/t13-/m1/s1. The maximum Gasteiger partial charge on any atom is 0.328 e. The molecule has 0 heterocycles. The molecule has 1 rings (SSSR count). The summed E-state index contributed by atoms with van der Waals surface area (Å²) in [6, 6.07) is 4.96. The van der Waals surface area contributed by atoms with Crippen molar-refractivity contribution in [3.8, 4) is 0 Å².